The van der Waals surface area contributed by atoms with Crippen molar-refractivity contribution in [2.24, 2.45) is 0 Å². The number of aryl methyl sites for hydroxylation is 1. The Morgan fingerprint density at radius 3 is 2.72 bits per heavy atom. The smallest absolute Gasteiger partial charge is 0.266 e. The third-order valence-corrected chi connectivity index (χ3v) is 6.16. The Kier molecular flexibility index (Phi) is 5.44. The van der Waals surface area contributed by atoms with Gasteiger partial charge in [-0.15, -0.1) is 11.3 Å². The first-order valence-corrected chi connectivity index (χ1v) is 10.2. The molecule has 0 saturated carbocycles. The maximum Gasteiger partial charge on any atom is 0.266 e. The van der Waals surface area contributed by atoms with Gasteiger partial charge in [0.2, 0.25) is 5.89 Å². The van der Waals surface area contributed by atoms with Crippen LogP contribution >= 0.6 is 11.3 Å². The van der Waals surface area contributed by atoms with E-state index in [9.17, 15) is 8.42 Å². The van der Waals surface area contributed by atoms with Crippen molar-refractivity contribution in [2.75, 3.05) is 4.31 Å². The van der Waals surface area contributed by atoms with Crippen LogP contribution in [-0.2, 0) is 23.0 Å². The zero-order valence-electron chi connectivity index (χ0n) is 13.7. The van der Waals surface area contributed by atoms with Gasteiger partial charge in [0.25, 0.3) is 10.0 Å². The minimum atomic E-state index is -3.77. The number of sulfonamides is 1. The van der Waals surface area contributed by atoms with Gasteiger partial charge in [-0.2, -0.15) is 4.98 Å². The van der Waals surface area contributed by atoms with Crippen molar-refractivity contribution >= 4 is 26.5 Å². The second-order valence-electron chi connectivity index (χ2n) is 5.35. The Morgan fingerprint density at radius 1 is 1.24 bits per heavy atom. The molecule has 3 aromatic rings. The van der Waals surface area contributed by atoms with Crippen LogP contribution in [0.5, 0.6) is 0 Å². The minimum absolute atomic E-state index is 0.0274. The summed E-state index contributed by atoms with van der Waals surface area (Å²) < 4.78 is 32.5. The van der Waals surface area contributed by atoms with Crippen LogP contribution in [0.4, 0.5) is 5.13 Å². The summed E-state index contributed by atoms with van der Waals surface area (Å²) in [5, 5.41) is 6.00. The third-order valence-electron chi connectivity index (χ3n) is 3.50. The Balaban J connectivity index is 1.90. The molecule has 1 aromatic carbocycles. The van der Waals surface area contributed by atoms with Gasteiger partial charge < -0.3 is 4.52 Å². The molecule has 0 unspecified atom stereocenters. The van der Waals surface area contributed by atoms with Gasteiger partial charge in [0, 0.05) is 18.0 Å². The van der Waals surface area contributed by atoms with E-state index >= 15 is 0 Å². The predicted octanol–water partition coefficient (Wildman–Crippen LogP) is 3.26. The van der Waals surface area contributed by atoms with Crippen molar-refractivity contribution in [3.63, 3.8) is 0 Å². The number of thiazole rings is 1. The van der Waals surface area contributed by atoms with Crippen molar-refractivity contribution in [1.29, 1.82) is 0 Å². The fourth-order valence-corrected chi connectivity index (χ4v) is 4.49. The molecule has 0 N–H and O–H groups in total. The SMILES string of the molecule is CCCCc1nc(CN(c2nccs2)S(=O)(=O)c2ccccc2)no1. The van der Waals surface area contributed by atoms with E-state index in [-0.39, 0.29) is 11.4 Å². The van der Waals surface area contributed by atoms with E-state index in [2.05, 4.69) is 22.0 Å². The van der Waals surface area contributed by atoms with E-state index in [0.717, 1.165) is 12.8 Å². The van der Waals surface area contributed by atoms with E-state index in [4.69, 9.17) is 4.52 Å². The van der Waals surface area contributed by atoms with Gasteiger partial charge in [0.15, 0.2) is 11.0 Å². The molecule has 7 nitrogen and oxygen atoms in total. The van der Waals surface area contributed by atoms with Crippen LogP contribution in [0.25, 0.3) is 0 Å². The molecule has 0 bridgehead atoms. The highest BCUT2D eigenvalue weighted by Crippen LogP contribution is 2.27. The fraction of sp³-hybridized carbons (Fsp3) is 0.312. The fourth-order valence-electron chi connectivity index (χ4n) is 2.23. The van der Waals surface area contributed by atoms with Gasteiger partial charge in [-0.05, 0) is 18.6 Å². The molecule has 0 fully saturated rings. The summed E-state index contributed by atoms with van der Waals surface area (Å²) in [4.78, 5) is 8.63. The average molecular weight is 378 g/mol. The maximum absolute atomic E-state index is 13.0. The lowest BCUT2D eigenvalue weighted by Gasteiger charge is -2.20. The zero-order chi connectivity index (χ0) is 17.7. The van der Waals surface area contributed by atoms with Crippen LogP contribution in [0, 0.1) is 0 Å². The Labute approximate surface area is 150 Å². The molecule has 2 aromatic heterocycles. The van der Waals surface area contributed by atoms with Gasteiger partial charge in [0.1, 0.15) is 6.54 Å². The topological polar surface area (TPSA) is 89.2 Å². The van der Waals surface area contributed by atoms with E-state index < -0.39 is 10.0 Å². The monoisotopic (exact) mass is 378 g/mol. The first-order chi connectivity index (χ1) is 12.1. The molecule has 0 aliphatic rings. The summed E-state index contributed by atoms with van der Waals surface area (Å²) in [6.07, 6.45) is 4.22. The van der Waals surface area contributed by atoms with Gasteiger partial charge in [-0.1, -0.05) is 36.7 Å². The standard InChI is InChI=1S/C16H18N4O3S2/c1-2-3-9-15-18-14(19-23-15)12-20(16-17-10-11-24-16)25(21,22)13-7-5-4-6-8-13/h4-8,10-11H,2-3,9,12H2,1H3. The number of hydrogen-bond donors (Lipinski definition) is 0. The molecule has 0 amide bonds. The normalized spacial score (nSPS) is 11.6. The Bertz CT molecular complexity index is 893. The summed E-state index contributed by atoms with van der Waals surface area (Å²) in [6.45, 7) is 2.05. The molecule has 0 aliphatic carbocycles. The van der Waals surface area contributed by atoms with Crippen LogP contribution in [0.3, 0.4) is 0 Å². The number of benzene rings is 1. The van der Waals surface area contributed by atoms with E-state index in [1.807, 2.05) is 0 Å². The molecule has 2 heterocycles. The van der Waals surface area contributed by atoms with Crippen molar-refractivity contribution in [2.45, 2.75) is 37.6 Å². The molecular formula is C16H18N4O3S2. The van der Waals surface area contributed by atoms with Crippen molar-refractivity contribution < 1.29 is 12.9 Å². The molecule has 132 valence electrons. The Morgan fingerprint density at radius 2 is 2.04 bits per heavy atom. The van der Waals surface area contributed by atoms with Crippen LogP contribution in [0.1, 0.15) is 31.5 Å². The summed E-state index contributed by atoms with van der Waals surface area (Å²) in [5.74, 6) is 0.842. The maximum atomic E-state index is 13.0. The van der Waals surface area contributed by atoms with Crippen LogP contribution in [0.2, 0.25) is 0 Å². The summed E-state index contributed by atoms with van der Waals surface area (Å²) >= 11 is 1.24. The lowest BCUT2D eigenvalue weighted by molar-refractivity contribution is 0.370. The molecule has 3 rings (SSSR count). The molecule has 0 spiro atoms. The van der Waals surface area contributed by atoms with Crippen LogP contribution in [-0.4, -0.2) is 23.5 Å². The molecular weight excluding hydrogens is 360 g/mol. The zero-order valence-corrected chi connectivity index (χ0v) is 15.3. The third kappa shape index (κ3) is 4.05. The highest BCUT2D eigenvalue weighted by atomic mass is 32.2. The highest BCUT2D eigenvalue weighted by Gasteiger charge is 2.28. The average Bonchev–Trinajstić information content (AvgIpc) is 3.30. The lowest BCUT2D eigenvalue weighted by Crippen LogP contribution is -2.31. The van der Waals surface area contributed by atoms with Crippen molar-refractivity contribution in [3.05, 3.63) is 53.6 Å². The number of rotatable bonds is 8. The number of unbranched alkanes of at least 4 members (excludes halogenated alkanes) is 1. The lowest BCUT2D eigenvalue weighted by atomic mass is 10.2. The van der Waals surface area contributed by atoms with Crippen LogP contribution in [0.15, 0.2) is 51.3 Å². The van der Waals surface area contributed by atoms with Gasteiger partial charge >= 0.3 is 0 Å². The quantitative estimate of drug-likeness (QED) is 0.598. The first-order valence-electron chi connectivity index (χ1n) is 7.90. The highest BCUT2D eigenvalue weighted by molar-refractivity contribution is 7.93. The van der Waals surface area contributed by atoms with Crippen molar-refractivity contribution in [3.8, 4) is 0 Å². The molecule has 0 saturated heterocycles. The minimum Gasteiger partial charge on any atom is -0.339 e. The summed E-state index contributed by atoms with van der Waals surface area (Å²) in [5.41, 5.74) is 0. The number of hydrogen-bond acceptors (Lipinski definition) is 7. The molecule has 0 radical (unpaired) electrons. The van der Waals surface area contributed by atoms with E-state index in [1.54, 1.807) is 41.9 Å². The first kappa shape index (κ1) is 17.6. The number of anilines is 1. The molecule has 0 aliphatic heterocycles. The number of nitrogens with zero attached hydrogens (tertiary/aromatic N) is 4. The van der Waals surface area contributed by atoms with Crippen LogP contribution < -0.4 is 4.31 Å². The Hall–Kier alpha value is -2.26. The van der Waals surface area contributed by atoms with E-state index in [0.29, 0.717) is 23.3 Å². The van der Waals surface area contributed by atoms with E-state index in [1.165, 1.54) is 15.6 Å². The summed E-state index contributed by atoms with van der Waals surface area (Å²) in [7, 11) is -3.77. The largest absolute Gasteiger partial charge is 0.339 e. The molecule has 25 heavy (non-hydrogen) atoms. The van der Waals surface area contributed by atoms with Gasteiger partial charge in [0.05, 0.1) is 4.90 Å². The van der Waals surface area contributed by atoms with Gasteiger partial charge in [-0.25, -0.2) is 17.7 Å². The molecule has 0 atom stereocenters. The number of aromatic nitrogens is 3. The second-order valence-corrected chi connectivity index (χ2v) is 8.08. The van der Waals surface area contributed by atoms with Gasteiger partial charge in [-0.3, -0.25) is 0 Å². The molecule has 9 heteroatoms. The van der Waals surface area contributed by atoms with Crippen molar-refractivity contribution in [1.82, 2.24) is 15.1 Å². The second kappa shape index (κ2) is 7.75. The summed E-state index contributed by atoms with van der Waals surface area (Å²) in [6, 6.07) is 8.25. The predicted molar refractivity (Wildman–Crippen MR) is 94.8 cm³/mol.